The van der Waals surface area contributed by atoms with E-state index in [9.17, 15) is 9.18 Å². The van der Waals surface area contributed by atoms with E-state index in [0.29, 0.717) is 19.0 Å². The van der Waals surface area contributed by atoms with Gasteiger partial charge in [-0.3, -0.25) is 9.78 Å². The molecule has 0 saturated carbocycles. The van der Waals surface area contributed by atoms with E-state index in [0.717, 1.165) is 60.2 Å². The van der Waals surface area contributed by atoms with Crippen molar-refractivity contribution in [1.29, 1.82) is 0 Å². The van der Waals surface area contributed by atoms with Gasteiger partial charge in [0.25, 0.3) is 0 Å². The summed E-state index contributed by atoms with van der Waals surface area (Å²) in [5.74, 6) is -0.259. The number of hydrogen-bond donors (Lipinski definition) is 2. The Bertz CT molecular complexity index is 1320. The van der Waals surface area contributed by atoms with E-state index in [4.69, 9.17) is 19.7 Å². The van der Waals surface area contributed by atoms with Gasteiger partial charge in [-0.1, -0.05) is 24.3 Å². The first-order chi connectivity index (χ1) is 17.5. The number of aliphatic carboxylic acids is 1. The van der Waals surface area contributed by atoms with Gasteiger partial charge in [-0.15, -0.1) is 0 Å². The summed E-state index contributed by atoms with van der Waals surface area (Å²) in [5, 5.41) is 17.8. The highest BCUT2D eigenvalue weighted by Crippen LogP contribution is 2.38. The van der Waals surface area contributed by atoms with Crippen LogP contribution < -0.4 is 4.74 Å². The van der Waals surface area contributed by atoms with Crippen molar-refractivity contribution in [3.05, 3.63) is 82.9 Å². The second-order valence-electron chi connectivity index (χ2n) is 9.19. The van der Waals surface area contributed by atoms with E-state index in [1.807, 2.05) is 18.3 Å². The predicted molar refractivity (Wildman–Crippen MR) is 134 cm³/mol. The topological polar surface area (TPSA) is 88.9 Å². The second kappa shape index (κ2) is 10.5. The van der Waals surface area contributed by atoms with Crippen molar-refractivity contribution in [3.8, 4) is 22.6 Å². The van der Waals surface area contributed by atoms with Crippen molar-refractivity contribution in [2.24, 2.45) is 0 Å². The molecule has 1 unspecified atom stereocenters. The molecule has 0 bridgehead atoms. The number of carboxylic acids is 1. The molecule has 3 aliphatic rings. The minimum absolute atomic E-state index is 0.0630. The molecule has 0 saturated heterocycles. The van der Waals surface area contributed by atoms with E-state index in [2.05, 4.69) is 17.1 Å². The van der Waals surface area contributed by atoms with Crippen LogP contribution >= 0.6 is 0 Å². The summed E-state index contributed by atoms with van der Waals surface area (Å²) < 4.78 is 24.7. The molecule has 3 aromatic rings. The van der Waals surface area contributed by atoms with Crippen LogP contribution in [0, 0.1) is 5.82 Å². The van der Waals surface area contributed by atoms with Crippen molar-refractivity contribution in [2.75, 3.05) is 19.8 Å². The molecule has 3 heterocycles. The molecule has 0 radical (unpaired) electrons. The third kappa shape index (κ3) is 4.97. The van der Waals surface area contributed by atoms with Crippen LogP contribution in [0.1, 0.15) is 47.6 Å². The first-order valence-corrected chi connectivity index (χ1v) is 12.2. The minimum atomic E-state index is -0.834. The molecule has 36 heavy (non-hydrogen) atoms. The molecule has 6 rings (SSSR count). The summed E-state index contributed by atoms with van der Waals surface area (Å²) in [6.07, 6.45) is 7.73. The maximum atomic E-state index is 14.0. The SMILES string of the molecule is Fc1ccc(-c2cccnc2C2=CCOCC2)c2c1CCC2.O=C(O)CC1COc2cc(O)ccc21. The van der Waals surface area contributed by atoms with Gasteiger partial charge in [0.05, 0.1) is 31.9 Å². The number of aromatic nitrogens is 1. The number of aromatic hydroxyl groups is 1. The summed E-state index contributed by atoms with van der Waals surface area (Å²) in [5.41, 5.74) is 7.45. The van der Waals surface area contributed by atoms with Gasteiger partial charge in [0.2, 0.25) is 0 Å². The van der Waals surface area contributed by atoms with Crippen molar-refractivity contribution in [3.63, 3.8) is 0 Å². The molecule has 2 aromatic carbocycles. The number of hydrogen-bond acceptors (Lipinski definition) is 5. The maximum Gasteiger partial charge on any atom is 0.304 e. The van der Waals surface area contributed by atoms with E-state index >= 15 is 0 Å². The Morgan fingerprint density at radius 3 is 2.75 bits per heavy atom. The summed E-state index contributed by atoms with van der Waals surface area (Å²) in [7, 11) is 0. The zero-order valence-electron chi connectivity index (χ0n) is 19.9. The highest BCUT2D eigenvalue weighted by Gasteiger charge is 2.26. The van der Waals surface area contributed by atoms with E-state index in [1.54, 1.807) is 18.2 Å². The third-order valence-corrected chi connectivity index (χ3v) is 6.89. The fraction of sp³-hybridized carbons (Fsp3) is 0.310. The lowest BCUT2D eigenvalue weighted by molar-refractivity contribution is -0.137. The number of carbonyl (C=O) groups is 1. The third-order valence-electron chi connectivity index (χ3n) is 6.89. The first kappa shape index (κ1) is 24.0. The largest absolute Gasteiger partial charge is 0.508 e. The van der Waals surface area contributed by atoms with Crippen LogP contribution in [0.2, 0.25) is 0 Å². The molecular formula is C29H28FNO5. The Balaban J connectivity index is 0.000000165. The quantitative estimate of drug-likeness (QED) is 0.502. The van der Waals surface area contributed by atoms with Gasteiger partial charge < -0.3 is 19.7 Å². The van der Waals surface area contributed by atoms with Crippen LogP contribution in [0.25, 0.3) is 16.7 Å². The minimum Gasteiger partial charge on any atom is -0.508 e. The van der Waals surface area contributed by atoms with Crippen LogP contribution in [-0.4, -0.2) is 41.0 Å². The van der Waals surface area contributed by atoms with Crippen LogP contribution in [0.15, 0.2) is 54.7 Å². The lowest BCUT2D eigenvalue weighted by Gasteiger charge is -2.18. The van der Waals surface area contributed by atoms with Crippen LogP contribution in [-0.2, 0) is 22.4 Å². The van der Waals surface area contributed by atoms with Crippen molar-refractivity contribution >= 4 is 11.5 Å². The van der Waals surface area contributed by atoms with Gasteiger partial charge >= 0.3 is 5.97 Å². The smallest absolute Gasteiger partial charge is 0.304 e. The highest BCUT2D eigenvalue weighted by molar-refractivity contribution is 5.81. The van der Waals surface area contributed by atoms with Crippen molar-refractivity contribution in [2.45, 2.75) is 38.0 Å². The second-order valence-corrected chi connectivity index (χ2v) is 9.19. The average molecular weight is 490 g/mol. The van der Waals surface area contributed by atoms with Gasteiger partial charge in [-0.2, -0.15) is 0 Å². The molecule has 1 atom stereocenters. The Morgan fingerprint density at radius 1 is 1.08 bits per heavy atom. The zero-order chi connectivity index (χ0) is 25.1. The van der Waals surface area contributed by atoms with Crippen LogP contribution in [0.4, 0.5) is 4.39 Å². The summed E-state index contributed by atoms with van der Waals surface area (Å²) in [6.45, 7) is 1.77. The average Bonchev–Trinajstić information content (AvgIpc) is 3.53. The standard InChI is InChI=1S/C19H18FNO.C10H10O4/c20-18-7-6-15(14-3-1-4-16(14)18)17-5-2-10-21-19(17)13-8-11-22-12-9-13;11-7-1-2-8-6(3-10(12)13)5-14-9(8)4-7/h2,5-8,10H,1,3-4,9,11-12H2;1-2,4,6,11H,3,5H2,(H,12,13). The molecule has 7 heteroatoms. The summed E-state index contributed by atoms with van der Waals surface area (Å²) >= 11 is 0. The van der Waals surface area contributed by atoms with Crippen molar-refractivity contribution in [1.82, 2.24) is 4.98 Å². The lowest BCUT2D eigenvalue weighted by atomic mass is 9.92. The Labute approximate surface area is 209 Å². The van der Waals surface area contributed by atoms with Gasteiger partial charge in [0, 0.05) is 29.3 Å². The Hall–Kier alpha value is -3.71. The molecule has 0 spiro atoms. The zero-order valence-corrected chi connectivity index (χ0v) is 19.9. The van der Waals surface area contributed by atoms with Crippen LogP contribution in [0.5, 0.6) is 11.5 Å². The normalized spacial score (nSPS) is 17.8. The number of fused-ring (bicyclic) bond motifs is 2. The predicted octanol–water partition coefficient (Wildman–Crippen LogP) is 5.52. The Kier molecular flexibility index (Phi) is 7.00. The molecule has 2 N–H and O–H groups in total. The van der Waals surface area contributed by atoms with Gasteiger partial charge in [-0.25, -0.2) is 4.39 Å². The molecule has 1 aromatic heterocycles. The molecular weight excluding hydrogens is 461 g/mol. The number of halogens is 1. The number of pyridine rings is 1. The molecule has 2 aliphatic heterocycles. The fourth-order valence-electron chi connectivity index (χ4n) is 5.18. The summed E-state index contributed by atoms with van der Waals surface area (Å²) in [6, 6.07) is 12.4. The monoisotopic (exact) mass is 489 g/mol. The molecule has 0 fully saturated rings. The number of phenols is 1. The number of carboxylic acid groups (broad SMARTS) is 1. The summed E-state index contributed by atoms with van der Waals surface area (Å²) in [4.78, 5) is 15.1. The van der Waals surface area contributed by atoms with Gasteiger partial charge in [0.1, 0.15) is 17.3 Å². The lowest BCUT2D eigenvalue weighted by Crippen LogP contribution is -2.07. The van der Waals surface area contributed by atoms with E-state index in [-0.39, 0.29) is 23.9 Å². The molecule has 6 nitrogen and oxygen atoms in total. The Morgan fingerprint density at radius 2 is 1.94 bits per heavy atom. The number of ether oxygens (including phenoxy) is 2. The van der Waals surface area contributed by atoms with Gasteiger partial charge in [-0.05, 0) is 66.1 Å². The first-order valence-electron chi connectivity index (χ1n) is 12.2. The van der Waals surface area contributed by atoms with Crippen LogP contribution in [0.3, 0.4) is 0 Å². The number of phenolic OH excluding ortho intramolecular Hbond substituents is 1. The van der Waals surface area contributed by atoms with Crippen molar-refractivity contribution < 1.29 is 28.9 Å². The highest BCUT2D eigenvalue weighted by atomic mass is 19.1. The van der Waals surface area contributed by atoms with Gasteiger partial charge in [0.15, 0.2) is 0 Å². The maximum absolute atomic E-state index is 14.0. The van der Waals surface area contributed by atoms with E-state index < -0.39 is 5.97 Å². The molecule has 1 aliphatic carbocycles. The van der Waals surface area contributed by atoms with E-state index in [1.165, 1.54) is 17.2 Å². The number of benzene rings is 2. The number of rotatable bonds is 4. The number of nitrogens with zero attached hydrogens (tertiary/aromatic N) is 1. The molecule has 0 amide bonds. The fourth-order valence-corrected chi connectivity index (χ4v) is 5.18. The molecule has 186 valence electrons.